The van der Waals surface area contributed by atoms with Gasteiger partial charge in [-0.1, -0.05) is 6.07 Å². The van der Waals surface area contributed by atoms with E-state index >= 15 is 0 Å². The van der Waals surface area contributed by atoms with Gasteiger partial charge in [-0.3, -0.25) is 15.2 Å². The number of ether oxygens (including phenoxy) is 1. The minimum Gasteiger partial charge on any atom is -0.450 e. The van der Waals surface area contributed by atoms with E-state index < -0.39 is 22.2 Å². The summed E-state index contributed by atoms with van der Waals surface area (Å²) in [6, 6.07) is 7.16. The zero-order valence-corrected chi connectivity index (χ0v) is 13.9. The average molecular weight is 384 g/mol. The van der Waals surface area contributed by atoms with Crippen molar-refractivity contribution in [1.82, 2.24) is 20.2 Å². The molecule has 4 rings (SSSR count). The van der Waals surface area contributed by atoms with Crippen LogP contribution in [-0.2, 0) is 0 Å². The molecular formula is C17H10F2N6O3. The number of H-pyrrole nitrogens is 1. The minimum atomic E-state index is -1.06. The fourth-order valence-corrected chi connectivity index (χ4v) is 2.72. The molecule has 0 spiro atoms. The van der Waals surface area contributed by atoms with Crippen LogP contribution in [0.5, 0.6) is 11.5 Å². The molecule has 2 heterocycles. The molecule has 0 saturated carbocycles. The smallest absolute Gasteiger partial charge is 0.346 e. The van der Waals surface area contributed by atoms with Gasteiger partial charge < -0.3 is 10.5 Å². The van der Waals surface area contributed by atoms with E-state index in [9.17, 15) is 18.9 Å². The number of aromatic nitrogens is 4. The summed E-state index contributed by atoms with van der Waals surface area (Å²) in [4.78, 5) is 17.9. The molecule has 0 saturated heterocycles. The Balaban J connectivity index is 1.74. The maximum absolute atomic E-state index is 14.7. The monoisotopic (exact) mass is 384 g/mol. The third kappa shape index (κ3) is 2.84. The van der Waals surface area contributed by atoms with Crippen molar-refractivity contribution in [3.63, 3.8) is 0 Å². The van der Waals surface area contributed by atoms with Crippen LogP contribution in [0, 0.1) is 21.7 Å². The van der Waals surface area contributed by atoms with Crippen LogP contribution in [0.4, 0.5) is 20.3 Å². The van der Waals surface area contributed by atoms with E-state index in [0.717, 1.165) is 12.1 Å². The van der Waals surface area contributed by atoms with E-state index in [1.807, 2.05) is 0 Å². The van der Waals surface area contributed by atoms with Crippen LogP contribution < -0.4 is 10.5 Å². The fourth-order valence-electron chi connectivity index (χ4n) is 2.72. The van der Waals surface area contributed by atoms with Crippen molar-refractivity contribution in [2.24, 2.45) is 0 Å². The number of hydrogen-bond acceptors (Lipinski definition) is 7. The Hall–Kier alpha value is -4.15. The van der Waals surface area contributed by atoms with Crippen LogP contribution in [0.25, 0.3) is 22.3 Å². The zero-order valence-electron chi connectivity index (χ0n) is 13.9. The number of nitrogens with one attached hydrogen (secondary N) is 1. The quantitative estimate of drug-likeness (QED) is 0.406. The van der Waals surface area contributed by atoms with Crippen molar-refractivity contribution in [3.8, 4) is 22.8 Å². The van der Waals surface area contributed by atoms with Crippen molar-refractivity contribution in [2.75, 3.05) is 5.73 Å². The second-order valence-corrected chi connectivity index (χ2v) is 5.64. The molecular weight excluding hydrogens is 374 g/mol. The van der Waals surface area contributed by atoms with Gasteiger partial charge in [0.15, 0.2) is 5.65 Å². The Kier molecular flexibility index (Phi) is 4.03. The molecule has 4 aromatic rings. The summed E-state index contributed by atoms with van der Waals surface area (Å²) in [6.45, 7) is 0. The summed E-state index contributed by atoms with van der Waals surface area (Å²) in [5, 5.41) is 18.0. The van der Waals surface area contributed by atoms with E-state index in [4.69, 9.17) is 10.5 Å². The summed E-state index contributed by atoms with van der Waals surface area (Å²) in [5.41, 5.74) is 5.65. The molecule has 2 aromatic heterocycles. The van der Waals surface area contributed by atoms with Crippen molar-refractivity contribution < 1.29 is 18.4 Å². The molecule has 0 aliphatic carbocycles. The molecule has 0 atom stereocenters. The third-order valence-electron chi connectivity index (χ3n) is 3.95. The minimum absolute atomic E-state index is 0.0528. The Labute approximate surface area is 155 Å². The van der Waals surface area contributed by atoms with Gasteiger partial charge in [0.05, 0.1) is 16.0 Å². The first-order chi connectivity index (χ1) is 13.5. The number of para-hydroxylation sites is 1. The van der Waals surface area contributed by atoms with Crippen LogP contribution in [0.15, 0.2) is 42.7 Å². The van der Waals surface area contributed by atoms with E-state index in [1.165, 1.54) is 30.6 Å². The summed E-state index contributed by atoms with van der Waals surface area (Å²) in [7, 11) is 0. The van der Waals surface area contributed by atoms with Gasteiger partial charge in [-0.05, 0) is 24.3 Å². The van der Waals surface area contributed by atoms with Gasteiger partial charge in [0.1, 0.15) is 23.7 Å². The highest BCUT2D eigenvalue weighted by molar-refractivity contribution is 5.97. The number of hydrogen-bond donors (Lipinski definition) is 2. The maximum atomic E-state index is 14.7. The lowest BCUT2D eigenvalue weighted by molar-refractivity contribution is -0.388. The van der Waals surface area contributed by atoms with E-state index in [1.54, 1.807) is 0 Å². The number of nitrogen functional groups attached to an aromatic ring is 1. The van der Waals surface area contributed by atoms with Crippen molar-refractivity contribution in [2.45, 2.75) is 0 Å². The Morgan fingerprint density at radius 1 is 1.14 bits per heavy atom. The largest absolute Gasteiger partial charge is 0.450 e. The van der Waals surface area contributed by atoms with Crippen molar-refractivity contribution in [1.29, 1.82) is 0 Å². The molecule has 140 valence electrons. The van der Waals surface area contributed by atoms with E-state index in [-0.39, 0.29) is 34.2 Å². The molecule has 3 N–H and O–H groups in total. The number of nitro benzene ring substituents is 1. The first-order valence-corrected chi connectivity index (χ1v) is 7.81. The van der Waals surface area contributed by atoms with Gasteiger partial charge in [-0.15, -0.1) is 0 Å². The lowest BCUT2D eigenvalue weighted by Gasteiger charge is -2.08. The fraction of sp³-hybridized carbons (Fsp3) is 0. The second kappa shape index (κ2) is 6.54. The lowest BCUT2D eigenvalue weighted by atomic mass is 10.1. The molecule has 0 unspecified atom stereocenters. The Bertz CT molecular complexity index is 1230. The molecule has 0 aliphatic heterocycles. The molecule has 0 amide bonds. The maximum Gasteiger partial charge on any atom is 0.346 e. The highest BCUT2D eigenvalue weighted by Crippen LogP contribution is 2.36. The van der Waals surface area contributed by atoms with Crippen molar-refractivity contribution >= 4 is 22.5 Å². The van der Waals surface area contributed by atoms with Gasteiger partial charge >= 0.3 is 5.69 Å². The SMILES string of the molecule is Nc1ncnc2n[nH]c(-c3ccc(Oc4cccc(F)c4[N+](=O)[O-])cc3F)c12. The molecule has 2 aromatic carbocycles. The van der Waals surface area contributed by atoms with E-state index in [0.29, 0.717) is 5.39 Å². The number of aromatic amines is 1. The van der Waals surface area contributed by atoms with Crippen LogP contribution in [0.3, 0.4) is 0 Å². The molecule has 0 radical (unpaired) electrons. The molecule has 11 heteroatoms. The molecule has 9 nitrogen and oxygen atoms in total. The number of anilines is 1. The van der Waals surface area contributed by atoms with Crippen LogP contribution in [0.1, 0.15) is 0 Å². The number of halogens is 2. The van der Waals surface area contributed by atoms with Gasteiger partial charge in [0.2, 0.25) is 11.6 Å². The molecule has 0 fully saturated rings. The first kappa shape index (κ1) is 17.3. The third-order valence-corrected chi connectivity index (χ3v) is 3.95. The Morgan fingerprint density at radius 3 is 2.71 bits per heavy atom. The normalized spacial score (nSPS) is 10.9. The van der Waals surface area contributed by atoms with Gasteiger partial charge in [0, 0.05) is 11.6 Å². The first-order valence-electron chi connectivity index (χ1n) is 7.81. The average Bonchev–Trinajstić information content (AvgIpc) is 3.07. The Morgan fingerprint density at radius 2 is 1.96 bits per heavy atom. The van der Waals surface area contributed by atoms with Crippen LogP contribution in [0.2, 0.25) is 0 Å². The number of rotatable bonds is 4. The standard InChI is InChI=1S/C17H10F2N6O3/c18-10-2-1-3-12(15(10)25(26)27)28-8-4-5-9(11(19)6-8)14-13-16(20)21-7-22-17(13)24-23-14/h1-7H,(H3,20,21,22,23,24). The predicted octanol–water partition coefficient (Wildman–Crippen LogP) is 3.58. The van der Waals surface area contributed by atoms with Crippen LogP contribution >= 0.6 is 0 Å². The summed E-state index contributed by atoms with van der Waals surface area (Å²) >= 11 is 0. The van der Waals surface area contributed by atoms with Gasteiger partial charge in [0.25, 0.3) is 0 Å². The number of nitro groups is 1. The highest BCUT2D eigenvalue weighted by atomic mass is 19.1. The number of nitrogens with zero attached hydrogens (tertiary/aromatic N) is 4. The van der Waals surface area contributed by atoms with Crippen molar-refractivity contribution in [3.05, 3.63) is 64.5 Å². The molecule has 28 heavy (non-hydrogen) atoms. The summed E-state index contributed by atoms with van der Waals surface area (Å²) in [5.74, 6) is -2.04. The highest BCUT2D eigenvalue weighted by Gasteiger charge is 2.22. The summed E-state index contributed by atoms with van der Waals surface area (Å²) in [6.07, 6.45) is 1.24. The van der Waals surface area contributed by atoms with Gasteiger partial charge in [-0.25, -0.2) is 14.4 Å². The second-order valence-electron chi connectivity index (χ2n) is 5.64. The summed E-state index contributed by atoms with van der Waals surface area (Å²) < 4.78 is 33.7. The van der Waals surface area contributed by atoms with Gasteiger partial charge in [-0.2, -0.15) is 9.49 Å². The number of fused-ring (bicyclic) bond motifs is 1. The lowest BCUT2D eigenvalue weighted by Crippen LogP contribution is -1.97. The molecule has 0 bridgehead atoms. The number of benzene rings is 2. The predicted molar refractivity (Wildman–Crippen MR) is 94.6 cm³/mol. The van der Waals surface area contributed by atoms with E-state index in [2.05, 4.69) is 20.2 Å². The number of nitrogens with two attached hydrogens (primary N) is 1. The molecule has 0 aliphatic rings. The topological polar surface area (TPSA) is 133 Å². The zero-order chi connectivity index (χ0) is 19.8. The van der Waals surface area contributed by atoms with Crippen LogP contribution in [-0.4, -0.2) is 25.1 Å².